The zero-order valence-electron chi connectivity index (χ0n) is 20.0. The predicted molar refractivity (Wildman–Crippen MR) is 135 cm³/mol. The minimum atomic E-state index is 0.371. The van der Waals surface area contributed by atoms with Gasteiger partial charge in [-0.15, -0.1) is 11.7 Å². The van der Waals surface area contributed by atoms with E-state index in [1.807, 2.05) is 18.3 Å². The summed E-state index contributed by atoms with van der Waals surface area (Å²) in [5.41, 5.74) is 3.51. The van der Waals surface area contributed by atoms with Crippen LogP contribution in [0.5, 0.6) is 17.4 Å². The topological polar surface area (TPSA) is 80.4 Å². The SMILES string of the molecule is C=CCCCC1=C/N=C(/c2ccc(C#N)cc2Oc2cnnc(OCC(C)C)c2)CCC/C=C\1. The highest BCUT2D eigenvalue weighted by molar-refractivity contribution is 6.03. The third kappa shape index (κ3) is 7.70. The van der Waals surface area contributed by atoms with Crippen LogP contribution in [-0.2, 0) is 0 Å². The fourth-order valence-corrected chi connectivity index (χ4v) is 3.44. The average Bonchev–Trinajstić information content (AvgIpc) is 2.95. The summed E-state index contributed by atoms with van der Waals surface area (Å²) in [5, 5.41) is 17.5. The number of unbranched alkanes of at least 4 members (excludes halogenated alkanes) is 1. The van der Waals surface area contributed by atoms with Gasteiger partial charge in [0.25, 0.3) is 0 Å². The molecule has 0 atom stereocenters. The minimum absolute atomic E-state index is 0.371. The van der Waals surface area contributed by atoms with Crippen molar-refractivity contribution in [2.24, 2.45) is 10.9 Å². The van der Waals surface area contributed by atoms with E-state index in [-0.39, 0.29) is 0 Å². The molecule has 1 aliphatic heterocycles. The average molecular weight is 457 g/mol. The summed E-state index contributed by atoms with van der Waals surface area (Å²) in [5.74, 6) is 1.84. The van der Waals surface area contributed by atoms with Gasteiger partial charge in [-0.05, 0) is 68.2 Å². The largest absolute Gasteiger partial charge is 0.476 e. The van der Waals surface area contributed by atoms with E-state index in [1.54, 1.807) is 18.2 Å². The van der Waals surface area contributed by atoms with Crippen molar-refractivity contribution in [3.05, 3.63) is 78.2 Å². The van der Waals surface area contributed by atoms with Crippen molar-refractivity contribution in [2.45, 2.75) is 52.4 Å². The highest BCUT2D eigenvalue weighted by atomic mass is 16.5. The number of ether oxygens (including phenoxy) is 2. The van der Waals surface area contributed by atoms with E-state index in [0.717, 1.165) is 49.8 Å². The second-order valence-corrected chi connectivity index (χ2v) is 8.61. The van der Waals surface area contributed by atoms with E-state index in [0.29, 0.717) is 35.5 Å². The van der Waals surface area contributed by atoms with Crippen LogP contribution in [0.3, 0.4) is 0 Å². The Kier molecular flexibility index (Phi) is 9.60. The van der Waals surface area contributed by atoms with Gasteiger partial charge >= 0.3 is 0 Å². The van der Waals surface area contributed by atoms with Gasteiger partial charge in [-0.1, -0.05) is 32.1 Å². The molecule has 1 aliphatic rings. The fourth-order valence-electron chi connectivity index (χ4n) is 3.44. The minimum Gasteiger partial charge on any atom is -0.476 e. The summed E-state index contributed by atoms with van der Waals surface area (Å²) in [7, 11) is 0. The molecular formula is C28H32N4O2. The maximum atomic E-state index is 9.45. The highest BCUT2D eigenvalue weighted by Crippen LogP contribution is 2.30. The van der Waals surface area contributed by atoms with Gasteiger partial charge in [0.1, 0.15) is 5.75 Å². The van der Waals surface area contributed by atoms with Gasteiger partial charge in [0.2, 0.25) is 5.88 Å². The Morgan fingerprint density at radius 3 is 2.94 bits per heavy atom. The third-order valence-electron chi connectivity index (χ3n) is 5.20. The van der Waals surface area contributed by atoms with Crippen LogP contribution >= 0.6 is 0 Å². The van der Waals surface area contributed by atoms with Crippen LogP contribution in [0.1, 0.15) is 63.5 Å². The van der Waals surface area contributed by atoms with Crippen LogP contribution in [0.2, 0.25) is 0 Å². The Balaban J connectivity index is 1.91. The first-order chi connectivity index (χ1) is 16.6. The molecular weight excluding hydrogens is 424 g/mol. The number of allylic oxidation sites excluding steroid dienone is 4. The number of hydrogen-bond acceptors (Lipinski definition) is 6. The van der Waals surface area contributed by atoms with Crippen molar-refractivity contribution in [1.82, 2.24) is 10.2 Å². The molecule has 0 unspecified atom stereocenters. The summed E-state index contributed by atoms with van der Waals surface area (Å²) in [6.07, 6.45) is 15.6. The van der Waals surface area contributed by atoms with Crippen molar-refractivity contribution < 1.29 is 9.47 Å². The molecule has 0 radical (unpaired) electrons. The molecule has 1 aromatic carbocycles. The number of nitriles is 1. The Bertz CT molecular complexity index is 1110. The Labute approximate surface area is 202 Å². The summed E-state index contributed by atoms with van der Waals surface area (Å²) in [6, 6.07) is 9.36. The quantitative estimate of drug-likeness (QED) is 0.286. The van der Waals surface area contributed by atoms with Crippen molar-refractivity contribution >= 4 is 5.71 Å². The molecule has 0 bridgehead atoms. The lowest BCUT2D eigenvalue weighted by Crippen LogP contribution is -2.07. The van der Waals surface area contributed by atoms with E-state index in [1.165, 1.54) is 11.8 Å². The van der Waals surface area contributed by atoms with Crippen LogP contribution in [0.15, 0.2) is 72.0 Å². The van der Waals surface area contributed by atoms with E-state index < -0.39 is 0 Å². The normalized spacial score (nSPS) is 17.7. The molecule has 176 valence electrons. The van der Waals surface area contributed by atoms with E-state index in [2.05, 4.69) is 48.8 Å². The van der Waals surface area contributed by atoms with Gasteiger partial charge in [0.15, 0.2) is 5.75 Å². The zero-order chi connectivity index (χ0) is 24.2. The number of hydrogen-bond donors (Lipinski definition) is 0. The van der Waals surface area contributed by atoms with Crippen LogP contribution in [0, 0.1) is 17.2 Å². The van der Waals surface area contributed by atoms with Gasteiger partial charge < -0.3 is 9.47 Å². The van der Waals surface area contributed by atoms with Gasteiger partial charge in [-0.3, -0.25) is 4.99 Å². The Hall–Kier alpha value is -3.72. The molecule has 2 heterocycles. The lowest BCUT2D eigenvalue weighted by Gasteiger charge is -2.14. The summed E-state index contributed by atoms with van der Waals surface area (Å²) in [4.78, 5) is 4.86. The van der Waals surface area contributed by atoms with Gasteiger partial charge in [-0.2, -0.15) is 10.4 Å². The lowest BCUT2D eigenvalue weighted by atomic mass is 10.0. The first-order valence-corrected chi connectivity index (χ1v) is 11.8. The van der Waals surface area contributed by atoms with E-state index in [4.69, 9.17) is 14.5 Å². The lowest BCUT2D eigenvalue weighted by molar-refractivity contribution is 0.257. The monoisotopic (exact) mass is 456 g/mol. The van der Waals surface area contributed by atoms with Gasteiger partial charge in [0, 0.05) is 17.8 Å². The maximum Gasteiger partial charge on any atom is 0.237 e. The fraction of sp³-hybridized carbons (Fsp3) is 0.357. The van der Waals surface area contributed by atoms with Crippen LogP contribution in [0.4, 0.5) is 0 Å². The van der Waals surface area contributed by atoms with E-state index in [9.17, 15) is 5.26 Å². The second-order valence-electron chi connectivity index (χ2n) is 8.61. The van der Waals surface area contributed by atoms with Crippen molar-refractivity contribution in [1.29, 1.82) is 5.26 Å². The first kappa shape index (κ1) is 24.9. The first-order valence-electron chi connectivity index (χ1n) is 11.8. The molecule has 0 aliphatic carbocycles. The standard InChI is InChI=1S/C28H32N4O2/c1-4-5-7-10-22-11-8-6-9-12-26(30-18-22)25-14-13-23(17-29)15-27(25)34-24-16-28(32-31-19-24)33-20-21(2)3/h4,8,11,13-16,18-19,21H,1,5-7,9-10,12,20H2,2-3H3/b11-8-,22-18-,30-26+. The number of benzene rings is 1. The number of nitrogens with zero attached hydrogens (tertiary/aromatic N) is 4. The van der Waals surface area contributed by atoms with E-state index >= 15 is 0 Å². The van der Waals surface area contributed by atoms with Crippen molar-refractivity contribution in [3.63, 3.8) is 0 Å². The summed E-state index contributed by atoms with van der Waals surface area (Å²) >= 11 is 0. The number of rotatable bonds is 10. The number of aliphatic imine (C=N–C) groups is 1. The zero-order valence-corrected chi connectivity index (χ0v) is 20.0. The van der Waals surface area contributed by atoms with Gasteiger partial charge in [-0.25, -0.2) is 0 Å². The van der Waals surface area contributed by atoms with Crippen LogP contribution in [-0.4, -0.2) is 22.5 Å². The molecule has 6 nitrogen and oxygen atoms in total. The maximum absolute atomic E-state index is 9.45. The Morgan fingerprint density at radius 2 is 2.15 bits per heavy atom. The second kappa shape index (κ2) is 13.1. The predicted octanol–water partition coefficient (Wildman–Crippen LogP) is 6.94. The molecule has 0 fully saturated rings. The molecule has 0 N–H and O–H groups in total. The van der Waals surface area contributed by atoms with Crippen LogP contribution in [0.25, 0.3) is 0 Å². The molecule has 0 saturated carbocycles. The van der Waals surface area contributed by atoms with Gasteiger partial charge in [0.05, 0.1) is 30.1 Å². The molecule has 6 heteroatoms. The highest BCUT2D eigenvalue weighted by Gasteiger charge is 2.14. The molecule has 3 rings (SSSR count). The summed E-state index contributed by atoms with van der Waals surface area (Å²) < 4.78 is 11.9. The molecule has 1 aromatic heterocycles. The molecule has 0 amide bonds. The molecule has 34 heavy (non-hydrogen) atoms. The summed E-state index contributed by atoms with van der Waals surface area (Å²) in [6.45, 7) is 8.49. The van der Waals surface area contributed by atoms with Crippen LogP contribution < -0.4 is 9.47 Å². The molecule has 0 saturated heterocycles. The Morgan fingerprint density at radius 1 is 1.26 bits per heavy atom. The molecule has 2 aromatic rings. The molecule has 0 spiro atoms. The third-order valence-corrected chi connectivity index (χ3v) is 5.20. The number of aromatic nitrogens is 2. The van der Waals surface area contributed by atoms with Crippen molar-refractivity contribution in [2.75, 3.05) is 6.61 Å². The smallest absolute Gasteiger partial charge is 0.237 e. The van der Waals surface area contributed by atoms with Crippen molar-refractivity contribution in [3.8, 4) is 23.4 Å².